The molecule has 1 aliphatic heterocycles. The molecule has 2 aliphatic rings. The second-order valence-electron chi connectivity index (χ2n) is 3.68. The van der Waals surface area contributed by atoms with Crippen molar-refractivity contribution in [1.82, 2.24) is 0 Å². The maximum absolute atomic E-state index is 11.4. The fraction of sp³-hybridized carbons (Fsp3) is 0.778. The predicted octanol–water partition coefficient (Wildman–Crippen LogP) is 1.81. The highest BCUT2D eigenvalue weighted by molar-refractivity contribution is 7.90. The number of allylic oxidation sites excluding steroid dienone is 1. The van der Waals surface area contributed by atoms with Crippen LogP contribution in [0.1, 0.15) is 32.1 Å². The standard InChI is InChI=1S/C9H14O3S/c10-13(11)9(6-7-12-13)8-4-2-1-3-5-8/h6,8H,1-5,7H2. The first kappa shape index (κ1) is 9.21. The summed E-state index contributed by atoms with van der Waals surface area (Å²) in [6.07, 6.45) is 7.29. The fourth-order valence-corrected chi connectivity index (χ4v) is 3.43. The summed E-state index contributed by atoms with van der Waals surface area (Å²) in [5.74, 6) is 0.237. The Labute approximate surface area is 78.9 Å². The summed E-state index contributed by atoms with van der Waals surface area (Å²) in [4.78, 5) is 0.548. The van der Waals surface area contributed by atoms with Gasteiger partial charge in [-0.3, -0.25) is 4.18 Å². The molecule has 0 spiro atoms. The summed E-state index contributed by atoms with van der Waals surface area (Å²) in [7, 11) is -3.33. The normalized spacial score (nSPS) is 28.8. The Kier molecular flexibility index (Phi) is 2.43. The number of hydrogen-bond acceptors (Lipinski definition) is 3. The number of hydrogen-bond donors (Lipinski definition) is 0. The number of rotatable bonds is 1. The van der Waals surface area contributed by atoms with E-state index in [2.05, 4.69) is 4.18 Å². The maximum atomic E-state index is 11.4. The molecular formula is C9H14O3S. The third kappa shape index (κ3) is 1.79. The molecule has 0 amide bonds. The Morgan fingerprint density at radius 3 is 2.46 bits per heavy atom. The van der Waals surface area contributed by atoms with Gasteiger partial charge in [0, 0.05) is 0 Å². The van der Waals surface area contributed by atoms with Gasteiger partial charge in [-0.05, 0) is 24.8 Å². The van der Waals surface area contributed by atoms with Crippen molar-refractivity contribution in [3.05, 3.63) is 11.0 Å². The molecule has 1 heterocycles. The SMILES string of the molecule is O=S1(=O)OCC=C1C1CCCCC1. The predicted molar refractivity (Wildman–Crippen MR) is 49.5 cm³/mol. The van der Waals surface area contributed by atoms with Gasteiger partial charge in [-0.15, -0.1) is 0 Å². The summed E-state index contributed by atoms with van der Waals surface area (Å²) in [5.41, 5.74) is 0. The van der Waals surface area contributed by atoms with Gasteiger partial charge in [0.25, 0.3) is 10.1 Å². The van der Waals surface area contributed by atoms with Crippen molar-refractivity contribution in [2.24, 2.45) is 5.92 Å². The quantitative estimate of drug-likeness (QED) is 0.609. The topological polar surface area (TPSA) is 43.4 Å². The minimum atomic E-state index is -3.33. The Morgan fingerprint density at radius 2 is 1.92 bits per heavy atom. The van der Waals surface area contributed by atoms with Crippen LogP contribution < -0.4 is 0 Å². The van der Waals surface area contributed by atoms with Gasteiger partial charge in [-0.25, -0.2) is 0 Å². The molecule has 2 rings (SSSR count). The first-order valence-corrected chi connectivity index (χ1v) is 6.20. The third-order valence-electron chi connectivity index (χ3n) is 2.80. The monoisotopic (exact) mass is 202 g/mol. The lowest BCUT2D eigenvalue weighted by atomic mass is 9.89. The lowest BCUT2D eigenvalue weighted by Gasteiger charge is -2.21. The lowest BCUT2D eigenvalue weighted by molar-refractivity contribution is 0.369. The van der Waals surface area contributed by atoms with E-state index in [0.717, 1.165) is 25.7 Å². The highest BCUT2D eigenvalue weighted by Crippen LogP contribution is 2.35. The van der Waals surface area contributed by atoms with Gasteiger partial charge in [-0.2, -0.15) is 8.42 Å². The first-order valence-electron chi connectivity index (χ1n) is 4.79. The van der Waals surface area contributed by atoms with Crippen LogP contribution in [0.5, 0.6) is 0 Å². The molecular weight excluding hydrogens is 188 g/mol. The van der Waals surface area contributed by atoms with E-state index in [1.54, 1.807) is 6.08 Å². The molecule has 74 valence electrons. The minimum Gasteiger partial charge on any atom is -0.262 e. The van der Waals surface area contributed by atoms with Crippen molar-refractivity contribution in [2.75, 3.05) is 6.61 Å². The van der Waals surface area contributed by atoms with Crippen LogP contribution in [0.3, 0.4) is 0 Å². The lowest BCUT2D eigenvalue weighted by Crippen LogP contribution is -2.14. The van der Waals surface area contributed by atoms with Crippen LogP contribution in [-0.4, -0.2) is 15.0 Å². The van der Waals surface area contributed by atoms with E-state index in [9.17, 15) is 8.42 Å². The van der Waals surface area contributed by atoms with E-state index in [0.29, 0.717) is 4.91 Å². The van der Waals surface area contributed by atoms with Gasteiger partial charge in [0.1, 0.15) is 0 Å². The molecule has 0 aromatic carbocycles. The first-order chi connectivity index (χ1) is 6.20. The van der Waals surface area contributed by atoms with E-state index < -0.39 is 10.1 Å². The second kappa shape index (κ2) is 3.42. The molecule has 13 heavy (non-hydrogen) atoms. The van der Waals surface area contributed by atoms with Crippen molar-refractivity contribution in [1.29, 1.82) is 0 Å². The van der Waals surface area contributed by atoms with Crippen molar-refractivity contribution in [3.63, 3.8) is 0 Å². The zero-order chi connectivity index (χ0) is 9.31. The van der Waals surface area contributed by atoms with Crippen molar-refractivity contribution >= 4 is 10.1 Å². The molecule has 1 fully saturated rings. The molecule has 0 atom stereocenters. The Morgan fingerprint density at radius 1 is 1.23 bits per heavy atom. The highest BCUT2D eigenvalue weighted by atomic mass is 32.2. The molecule has 0 aromatic rings. The Balaban J connectivity index is 2.15. The van der Waals surface area contributed by atoms with Crippen molar-refractivity contribution in [3.8, 4) is 0 Å². The molecule has 0 aromatic heterocycles. The van der Waals surface area contributed by atoms with Crippen LogP contribution in [0.25, 0.3) is 0 Å². The molecule has 0 bridgehead atoms. The van der Waals surface area contributed by atoms with Crippen LogP contribution in [0.2, 0.25) is 0 Å². The van der Waals surface area contributed by atoms with Crippen molar-refractivity contribution in [2.45, 2.75) is 32.1 Å². The van der Waals surface area contributed by atoms with E-state index in [1.165, 1.54) is 6.42 Å². The molecule has 0 N–H and O–H groups in total. The van der Waals surface area contributed by atoms with Crippen LogP contribution >= 0.6 is 0 Å². The van der Waals surface area contributed by atoms with E-state index in [4.69, 9.17) is 0 Å². The zero-order valence-electron chi connectivity index (χ0n) is 7.53. The average molecular weight is 202 g/mol. The summed E-state index contributed by atoms with van der Waals surface area (Å²) in [6, 6.07) is 0. The van der Waals surface area contributed by atoms with Crippen LogP contribution in [-0.2, 0) is 14.3 Å². The maximum Gasteiger partial charge on any atom is 0.293 e. The van der Waals surface area contributed by atoms with Gasteiger partial charge in [0.15, 0.2) is 0 Å². The van der Waals surface area contributed by atoms with Gasteiger partial charge < -0.3 is 0 Å². The largest absolute Gasteiger partial charge is 0.293 e. The van der Waals surface area contributed by atoms with E-state index >= 15 is 0 Å². The minimum absolute atomic E-state index is 0.237. The van der Waals surface area contributed by atoms with Gasteiger partial charge >= 0.3 is 0 Å². The van der Waals surface area contributed by atoms with Crippen LogP contribution in [0.4, 0.5) is 0 Å². The molecule has 4 heteroatoms. The van der Waals surface area contributed by atoms with E-state index in [1.807, 2.05) is 0 Å². The fourth-order valence-electron chi connectivity index (χ4n) is 2.13. The average Bonchev–Trinajstić information content (AvgIpc) is 2.47. The summed E-state index contributed by atoms with van der Waals surface area (Å²) in [5, 5.41) is 0. The molecule has 0 radical (unpaired) electrons. The molecule has 0 unspecified atom stereocenters. The van der Waals surface area contributed by atoms with Gasteiger partial charge in [-0.1, -0.05) is 19.3 Å². The smallest absolute Gasteiger partial charge is 0.262 e. The molecule has 0 saturated heterocycles. The Bertz CT molecular complexity index is 310. The summed E-state index contributed by atoms with van der Waals surface area (Å²) in [6.45, 7) is 0.244. The van der Waals surface area contributed by atoms with E-state index in [-0.39, 0.29) is 12.5 Å². The van der Waals surface area contributed by atoms with Crippen LogP contribution in [0, 0.1) is 5.92 Å². The second-order valence-corrected chi connectivity index (χ2v) is 5.30. The van der Waals surface area contributed by atoms with Crippen LogP contribution in [0.15, 0.2) is 11.0 Å². The van der Waals surface area contributed by atoms with Gasteiger partial charge in [0.2, 0.25) is 0 Å². The van der Waals surface area contributed by atoms with Gasteiger partial charge in [0.05, 0.1) is 11.5 Å². The van der Waals surface area contributed by atoms with Crippen molar-refractivity contribution < 1.29 is 12.6 Å². The molecule has 1 saturated carbocycles. The molecule has 1 aliphatic carbocycles. The Hall–Kier alpha value is -0.350. The highest BCUT2D eigenvalue weighted by Gasteiger charge is 2.31. The summed E-state index contributed by atoms with van der Waals surface area (Å²) < 4.78 is 27.4. The molecule has 3 nitrogen and oxygen atoms in total. The summed E-state index contributed by atoms with van der Waals surface area (Å²) >= 11 is 0. The zero-order valence-corrected chi connectivity index (χ0v) is 8.35. The third-order valence-corrected chi connectivity index (χ3v) is 4.33.